The van der Waals surface area contributed by atoms with Gasteiger partial charge in [-0.15, -0.1) is 0 Å². The summed E-state index contributed by atoms with van der Waals surface area (Å²) in [5.74, 6) is 2.24. The average molecular weight is 509 g/mol. The van der Waals surface area contributed by atoms with E-state index in [-0.39, 0.29) is 0 Å². The summed E-state index contributed by atoms with van der Waals surface area (Å²) in [6, 6.07) is 45.0. The van der Waals surface area contributed by atoms with E-state index in [1.807, 2.05) is 0 Å². The zero-order valence-electron chi connectivity index (χ0n) is 22.4. The Bertz CT molecular complexity index is 1840. The van der Waals surface area contributed by atoms with Gasteiger partial charge in [-0.25, -0.2) is 9.13 Å². The maximum atomic E-state index is 2.36. The van der Waals surface area contributed by atoms with Crippen molar-refractivity contribution in [3.05, 3.63) is 127 Å². The molecular weight excluding hydrogens is 478 g/mol. The third-order valence-electron chi connectivity index (χ3n) is 7.74. The summed E-state index contributed by atoms with van der Waals surface area (Å²) in [6.07, 6.45) is 0. The van der Waals surface area contributed by atoms with E-state index in [0.717, 1.165) is 34.4 Å². The van der Waals surface area contributed by atoms with Crippen molar-refractivity contribution in [1.82, 2.24) is 9.13 Å². The molecule has 39 heavy (non-hydrogen) atoms. The van der Waals surface area contributed by atoms with E-state index in [0.29, 0.717) is 0 Å². The highest BCUT2D eigenvalue weighted by Crippen LogP contribution is 2.29. The van der Waals surface area contributed by atoms with Crippen LogP contribution in [0.1, 0.15) is 0 Å². The molecule has 0 spiro atoms. The molecule has 4 aromatic carbocycles. The summed E-state index contributed by atoms with van der Waals surface area (Å²) in [4.78, 5) is 0. The molecule has 0 saturated carbocycles. The number of imidazole rings is 2. The molecule has 5 heteroatoms. The van der Waals surface area contributed by atoms with Crippen LogP contribution in [-0.4, -0.2) is 9.13 Å². The second-order valence-electron chi connectivity index (χ2n) is 9.94. The molecule has 0 atom stereocenters. The Kier molecular flexibility index (Phi) is 5.37. The van der Waals surface area contributed by atoms with Gasteiger partial charge >= 0.3 is 11.6 Å². The molecule has 0 N–H and O–H groups in total. The third kappa shape index (κ3) is 3.51. The molecule has 0 unspecified atom stereocenters. The van der Waals surface area contributed by atoms with Crippen LogP contribution in [0.2, 0.25) is 0 Å². The number of fused-ring (bicyclic) bond motifs is 2. The van der Waals surface area contributed by atoms with Crippen molar-refractivity contribution in [2.45, 2.75) is 0 Å². The van der Waals surface area contributed by atoms with Crippen LogP contribution in [0, 0.1) is 0 Å². The van der Waals surface area contributed by atoms with Crippen LogP contribution in [0.4, 0.5) is 0 Å². The van der Waals surface area contributed by atoms with Crippen LogP contribution in [0.25, 0.3) is 56.5 Å². The first kappa shape index (κ1) is 23.1. The van der Waals surface area contributed by atoms with E-state index < -0.39 is 0 Å². The van der Waals surface area contributed by atoms with E-state index >= 15 is 0 Å². The molecule has 0 fully saturated rings. The van der Waals surface area contributed by atoms with Crippen molar-refractivity contribution < 1.29 is 13.7 Å². The first-order valence-corrected chi connectivity index (χ1v) is 13.2. The number of hydrogen-bond acceptors (Lipinski definition) is 0. The molecule has 0 amide bonds. The summed E-state index contributed by atoms with van der Waals surface area (Å²) in [7, 11) is 6.49. The van der Waals surface area contributed by atoms with Gasteiger partial charge in [0.15, 0.2) is 22.1 Å². The van der Waals surface area contributed by atoms with E-state index in [4.69, 9.17) is 0 Å². The van der Waals surface area contributed by atoms with Gasteiger partial charge in [-0.1, -0.05) is 60.7 Å². The van der Waals surface area contributed by atoms with Gasteiger partial charge in [0.05, 0.1) is 14.1 Å². The number of aryl methyl sites for hydroxylation is 2. The van der Waals surface area contributed by atoms with Gasteiger partial charge in [0, 0.05) is 12.1 Å². The fraction of sp³-hybridized carbons (Fsp3) is 0.0882. The quantitative estimate of drug-likeness (QED) is 0.285. The fourth-order valence-electron chi connectivity index (χ4n) is 5.91. The molecule has 3 heterocycles. The molecule has 5 nitrogen and oxygen atoms in total. The first-order valence-electron chi connectivity index (χ1n) is 13.2. The van der Waals surface area contributed by atoms with Gasteiger partial charge in [0.2, 0.25) is 0 Å². The lowest BCUT2D eigenvalue weighted by Crippen LogP contribution is -2.43. The maximum Gasteiger partial charge on any atom is 0.360 e. The molecule has 188 valence electrons. The van der Waals surface area contributed by atoms with E-state index in [1.165, 1.54) is 22.1 Å². The molecular formula is C34H30N5+3. The molecule has 0 aliphatic rings. The SMILES string of the molecule is C[n+]1c(-c2n(-c3ccccc3)c3ccccc3[n+]2C)cccc1-c1n(-c2ccccc2)c2ccccc2[n+]1C. The molecule has 7 rings (SSSR count). The van der Waals surface area contributed by atoms with Crippen molar-refractivity contribution in [2.75, 3.05) is 0 Å². The molecule has 0 radical (unpaired) electrons. The monoisotopic (exact) mass is 508 g/mol. The molecule has 3 aromatic heterocycles. The largest absolute Gasteiger partial charge is 0.360 e. The van der Waals surface area contributed by atoms with Gasteiger partial charge in [0.1, 0.15) is 18.4 Å². The number of nitrogens with zero attached hydrogens (tertiary/aromatic N) is 5. The number of para-hydroxylation sites is 6. The highest BCUT2D eigenvalue weighted by atomic mass is 15.2. The Labute approximate surface area is 227 Å². The van der Waals surface area contributed by atoms with Crippen LogP contribution in [0.5, 0.6) is 0 Å². The zero-order chi connectivity index (χ0) is 26.5. The van der Waals surface area contributed by atoms with E-state index in [1.54, 1.807) is 0 Å². The van der Waals surface area contributed by atoms with Crippen molar-refractivity contribution in [3.63, 3.8) is 0 Å². The highest BCUT2D eigenvalue weighted by molar-refractivity contribution is 5.79. The lowest BCUT2D eigenvalue weighted by Gasteiger charge is -2.06. The predicted octanol–water partition coefficient (Wildman–Crippen LogP) is 5.38. The van der Waals surface area contributed by atoms with Gasteiger partial charge in [-0.05, 0) is 54.6 Å². The second-order valence-corrected chi connectivity index (χ2v) is 9.94. The van der Waals surface area contributed by atoms with Crippen LogP contribution in [0.15, 0.2) is 127 Å². The van der Waals surface area contributed by atoms with Gasteiger partial charge in [0.25, 0.3) is 11.4 Å². The van der Waals surface area contributed by atoms with Crippen molar-refractivity contribution in [2.24, 2.45) is 21.1 Å². The Hall–Kier alpha value is -5.03. The fourth-order valence-corrected chi connectivity index (χ4v) is 5.91. The lowest BCUT2D eigenvalue weighted by molar-refractivity contribution is -0.685. The van der Waals surface area contributed by atoms with Crippen molar-refractivity contribution in [1.29, 1.82) is 0 Å². The normalized spacial score (nSPS) is 11.5. The Balaban J connectivity index is 1.55. The molecule has 0 bridgehead atoms. The number of hydrogen-bond donors (Lipinski definition) is 0. The minimum atomic E-state index is 1.12. The smallest absolute Gasteiger partial charge is 0.220 e. The number of rotatable bonds is 4. The molecule has 0 saturated heterocycles. The summed E-state index contributed by atoms with van der Waals surface area (Å²) in [5.41, 5.74) is 9.25. The van der Waals surface area contributed by atoms with Crippen LogP contribution in [0.3, 0.4) is 0 Å². The van der Waals surface area contributed by atoms with Crippen LogP contribution < -0.4 is 13.7 Å². The average Bonchev–Trinajstić information content (AvgIpc) is 3.45. The standard InChI is InChI=1S/C34H30N5/c1-35-31(33-36(2)27-19-10-12-21-29(27)38(33)25-15-6-4-7-16-25)23-14-24-32(35)34-37(3)28-20-11-13-22-30(28)39(34)26-17-8-5-9-18-26/h4-24H,1-3H3/q+3. The van der Waals surface area contributed by atoms with Crippen LogP contribution >= 0.6 is 0 Å². The third-order valence-corrected chi connectivity index (χ3v) is 7.74. The van der Waals surface area contributed by atoms with Gasteiger partial charge in [-0.2, -0.15) is 13.7 Å². The minimum absolute atomic E-state index is 1.12. The number of benzene rings is 4. The Morgan fingerprint density at radius 3 is 1.21 bits per heavy atom. The summed E-state index contributed by atoms with van der Waals surface area (Å²) >= 11 is 0. The highest BCUT2D eigenvalue weighted by Gasteiger charge is 2.36. The number of aromatic nitrogens is 5. The predicted molar refractivity (Wildman–Crippen MR) is 155 cm³/mol. The minimum Gasteiger partial charge on any atom is -0.220 e. The van der Waals surface area contributed by atoms with Crippen molar-refractivity contribution in [3.8, 4) is 34.4 Å². The van der Waals surface area contributed by atoms with Crippen LogP contribution in [-0.2, 0) is 21.1 Å². The molecule has 0 aliphatic heterocycles. The van der Waals surface area contributed by atoms with Crippen molar-refractivity contribution >= 4 is 22.1 Å². The van der Waals surface area contributed by atoms with Gasteiger partial charge < -0.3 is 0 Å². The zero-order valence-corrected chi connectivity index (χ0v) is 22.4. The first-order chi connectivity index (χ1) is 19.1. The Morgan fingerprint density at radius 2 is 0.769 bits per heavy atom. The lowest BCUT2D eigenvalue weighted by atomic mass is 10.2. The summed E-state index contributed by atoms with van der Waals surface area (Å²) in [6.45, 7) is 0. The summed E-state index contributed by atoms with van der Waals surface area (Å²) in [5, 5.41) is 0. The molecule has 7 aromatic rings. The van der Waals surface area contributed by atoms with E-state index in [2.05, 4.69) is 171 Å². The van der Waals surface area contributed by atoms with Gasteiger partial charge in [-0.3, -0.25) is 0 Å². The summed E-state index contributed by atoms with van der Waals surface area (Å²) < 4.78 is 11.6. The number of pyridine rings is 1. The Morgan fingerprint density at radius 1 is 0.385 bits per heavy atom. The second kappa shape index (κ2) is 9.07. The molecule has 0 aliphatic carbocycles. The topological polar surface area (TPSA) is 21.5 Å². The van der Waals surface area contributed by atoms with E-state index in [9.17, 15) is 0 Å². The maximum absolute atomic E-state index is 2.36.